The molecule has 0 aromatic carbocycles. The van der Waals surface area contributed by atoms with E-state index in [1.54, 1.807) is 23.9 Å². The fraction of sp³-hybridized carbons (Fsp3) is 0.333. The van der Waals surface area contributed by atoms with Gasteiger partial charge in [0, 0.05) is 24.5 Å². The van der Waals surface area contributed by atoms with Crippen LogP contribution >= 0.6 is 0 Å². The van der Waals surface area contributed by atoms with E-state index in [4.69, 9.17) is 0 Å². The molecule has 17 heavy (non-hydrogen) atoms. The number of rotatable bonds is 3. The Hall–Kier alpha value is -1.75. The number of pyridine rings is 1. The van der Waals surface area contributed by atoms with E-state index in [2.05, 4.69) is 10.1 Å². The minimum Gasteiger partial charge on any atom is -0.379 e. The lowest BCUT2D eigenvalue weighted by Crippen LogP contribution is -2.27. The van der Waals surface area contributed by atoms with Crippen molar-refractivity contribution in [2.75, 3.05) is 0 Å². The number of aliphatic hydroxyl groups is 1. The molecule has 2 aromatic rings. The van der Waals surface area contributed by atoms with E-state index in [0.29, 0.717) is 17.8 Å². The second kappa shape index (κ2) is 4.25. The van der Waals surface area contributed by atoms with Crippen molar-refractivity contribution in [3.8, 4) is 0 Å². The second-order valence-electron chi connectivity index (χ2n) is 4.00. The Morgan fingerprint density at radius 2 is 2.24 bits per heavy atom. The van der Waals surface area contributed by atoms with Crippen molar-refractivity contribution in [2.45, 2.75) is 26.0 Å². The van der Waals surface area contributed by atoms with Gasteiger partial charge in [0.15, 0.2) is 0 Å². The molecule has 4 nitrogen and oxygen atoms in total. The minimum absolute atomic E-state index is 0.410. The molecule has 0 aliphatic heterocycles. The number of nitrogens with zero attached hydrogens (tertiary/aromatic N) is 3. The Kier molecular flexibility index (Phi) is 2.93. The molecular weight excluding hydrogens is 221 g/mol. The van der Waals surface area contributed by atoms with Crippen LogP contribution in [0.25, 0.3) is 0 Å². The summed E-state index contributed by atoms with van der Waals surface area (Å²) in [6.45, 7) is 4.17. The third-order valence-electron chi connectivity index (χ3n) is 2.78. The second-order valence-corrected chi connectivity index (χ2v) is 4.00. The SMILES string of the molecule is CCn1nccc1C(C)(O)c1cncc(F)c1. The van der Waals surface area contributed by atoms with Gasteiger partial charge in [0.2, 0.25) is 0 Å². The topological polar surface area (TPSA) is 50.9 Å². The smallest absolute Gasteiger partial charge is 0.141 e. The van der Waals surface area contributed by atoms with Crippen LogP contribution in [0.2, 0.25) is 0 Å². The summed E-state index contributed by atoms with van der Waals surface area (Å²) in [6.07, 6.45) is 4.17. The predicted molar refractivity (Wildman–Crippen MR) is 60.8 cm³/mol. The van der Waals surface area contributed by atoms with Crippen molar-refractivity contribution in [2.24, 2.45) is 0 Å². The molecule has 0 fully saturated rings. The highest BCUT2D eigenvalue weighted by Gasteiger charge is 2.29. The van der Waals surface area contributed by atoms with E-state index in [1.807, 2.05) is 6.92 Å². The molecule has 2 aromatic heterocycles. The maximum Gasteiger partial charge on any atom is 0.141 e. The summed E-state index contributed by atoms with van der Waals surface area (Å²) >= 11 is 0. The first-order valence-corrected chi connectivity index (χ1v) is 5.41. The molecule has 90 valence electrons. The Balaban J connectivity index is 2.49. The van der Waals surface area contributed by atoms with Crippen LogP contribution in [-0.4, -0.2) is 19.9 Å². The van der Waals surface area contributed by atoms with E-state index >= 15 is 0 Å². The normalized spacial score (nSPS) is 14.6. The van der Waals surface area contributed by atoms with Crippen LogP contribution < -0.4 is 0 Å². The van der Waals surface area contributed by atoms with Crippen LogP contribution in [-0.2, 0) is 12.1 Å². The number of hydrogen-bond donors (Lipinski definition) is 1. The Morgan fingerprint density at radius 1 is 1.47 bits per heavy atom. The zero-order chi connectivity index (χ0) is 12.5. The maximum absolute atomic E-state index is 13.1. The number of aromatic nitrogens is 3. The first-order valence-electron chi connectivity index (χ1n) is 5.41. The summed E-state index contributed by atoms with van der Waals surface area (Å²) in [5.74, 6) is -0.467. The quantitative estimate of drug-likeness (QED) is 0.880. The molecule has 0 spiro atoms. The Labute approximate surface area is 98.7 Å². The van der Waals surface area contributed by atoms with Crippen LogP contribution in [0.15, 0.2) is 30.7 Å². The zero-order valence-electron chi connectivity index (χ0n) is 9.76. The zero-order valence-corrected chi connectivity index (χ0v) is 9.76. The van der Waals surface area contributed by atoms with Gasteiger partial charge in [-0.05, 0) is 26.0 Å². The van der Waals surface area contributed by atoms with Crippen LogP contribution in [0.3, 0.4) is 0 Å². The third kappa shape index (κ3) is 2.06. The Bertz CT molecular complexity index is 522. The minimum atomic E-state index is -1.30. The number of hydrogen-bond acceptors (Lipinski definition) is 3. The molecule has 0 bridgehead atoms. The van der Waals surface area contributed by atoms with Crippen molar-refractivity contribution in [1.82, 2.24) is 14.8 Å². The van der Waals surface area contributed by atoms with Crippen molar-refractivity contribution >= 4 is 0 Å². The van der Waals surface area contributed by atoms with Gasteiger partial charge in [-0.1, -0.05) is 0 Å². The summed E-state index contributed by atoms with van der Waals surface area (Å²) in [7, 11) is 0. The monoisotopic (exact) mass is 235 g/mol. The van der Waals surface area contributed by atoms with E-state index in [0.717, 1.165) is 6.20 Å². The van der Waals surface area contributed by atoms with Gasteiger partial charge < -0.3 is 5.11 Å². The van der Waals surface area contributed by atoms with Gasteiger partial charge in [-0.3, -0.25) is 9.67 Å². The first kappa shape index (κ1) is 11.7. The predicted octanol–water partition coefficient (Wildman–Crippen LogP) is 1.69. The molecule has 2 rings (SSSR count). The summed E-state index contributed by atoms with van der Waals surface area (Å²) in [5, 5.41) is 14.6. The standard InChI is InChI=1S/C12H14FN3O/c1-3-16-11(4-5-15-16)12(2,17)9-6-10(13)8-14-7-9/h4-8,17H,3H2,1-2H3. The molecular formula is C12H14FN3O. The number of halogens is 1. The first-order chi connectivity index (χ1) is 8.05. The van der Waals surface area contributed by atoms with Crippen LogP contribution in [0.4, 0.5) is 4.39 Å². The Morgan fingerprint density at radius 3 is 2.88 bits per heavy atom. The highest BCUT2D eigenvalue weighted by molar-refractivity contribution is 5.29. The van der Waals surface area contributed by atoms with Gasteiger partial charge in [-0.25, -0.2) is 4.39 Å². The molecule has 0 aliphatic carbocycles. The van der Waals surface area contributed by atoms with Crippen molar-refractivity contribution in [1.29, 1.82) is 0 Å². The summed E-state index contributed by atoms with van der Waals surface area (Å²) < 4.78 is 14.8. The molecule has 0 aliphatic rings. The summed E-state index contributed by atoms with van der Waals surface area (Å²) in [5.41, 5.74) is -0.276. The van der Waals surface area contributed by atoms with Crippen LogP contribution in [0, 0.1) is 5.82 Å². The molecule has 1 N–H and O–H groups in total. The van der Waals surface area contributed by atoms with Crippen molar-refractivity contribution < 1.29 is 9.50 Å². The van der Waals surface area contributed by atoms with E-state index in [9.17, 15) is 9.50 Å². The molecule has 0 saturated carbocycles. The lowest BCUT2D eigenvalue weighted by atomic mass is 9.94. The summed E-state index contributed by atoms with van der Waals surface area (Å²) in [4.78, 5) is 3.75. The molecule has 2 heterocycles. The molecule has 0 amide bonds. The lowest BCUT2D eigenvalue weighted by molar-refractivity contribution is 0.0910. The van der Waals surface area contributed by atoms with Crippen molar-refractivity contribution in [3.63, 3.8) is 0 Å². The molecule has 1 atom stereocenters. The van der Waals surface area contributed by atoms with Gasteiger partial charge in [-0.2, -0.15) is 5.10 Å². The molecule has 5 heteroatoms. The van der Waals surface area contributed by atoms with E-state index in [1.165, 1.54) is 12.3 Å². The average molecular weight is 235 g/mol. The number of aryl methyl sites for hydroxylation is 1. The van der Waals surface area contributed by atoms with Crippen LogP contribution in [0.5, 0.6) is 0 Å². The van der Waals surface area contributed by atoms with Gasteiger partial charge in [-0.15, -0.1) is 0 Å². The van der Waals surface area contributed by atoms with Gasteiger partial charge >= 0.3 is 0 Å². The maximum atomic E-state index is 13.1. The highest BCUT2D eigenvalue weighted by Crippen LogP contribution is 2.28. The van der Waals surface area contributed by atoms with E-state index < -0.39 is 11.4 Å². The third-order valence-corrected chi connectivity index (χ3v) is 2.78. The molecule has 1 unspecified atom stereocenters. The lowest BCUT2D eigenvalue weighted by Gasteiger charge is -2.24. The molecule has 0 saturated heterocycles. The van der Waals surface area contributed by atoms with Gasteiger partial charge in [0.1, 0.15) is 11.4 Å². The fourth-order valence-electron chi connectivity index (χ4n) is 1.82. The van der Waals surface area contributed by atoms with Crippen molar-refractivity contribution in [3.05, 3.63) is 47.8 Å². The summed E-state index contributed by atoms with van der Waals surface area (Å²) in [6, 6.07) is 2.99. The van der Waals surface area contributed by atoms with Gasteiger partial charge in [0.25, 0.3) is 0 Å². The van der Waals surface area contributed by atoms with E-state index in [-0.39, 0.29) is 0 Å². The molecule has 0 radical (unpaired) electrons. The van der Waals surface area contributed by atoms with Crippen LogP contribution in [0.1, 0.15) is 25.1 Å². The fourth-order valence-corrected chi connectivity index (χ4v) is 1.82. The largest absolute Gasteiger partial charge is 0.379 e. The highest BCUT2D eigenvalue weighted by atomic mass is 19.1. The van der Waals surface area contributed by atoms with Gasteiger partial charge in [0.05, 0.1) is 11.9 Å². The average Bonchev–Trinajstić information content (AvgIpc) is 2.77.